The summed E-state index contributed by atoms with van der Waals surface area (Å²) in [4.78, 5) is 0. The lowest BCUT2D eigenvalue weighted by Crippen LogP contribution is -2.21. The number of hydrogen-bond donors (Lipinski definition) is 1. The molecule has 1 unspecified atom stereocenters. The summed E-state index contributed by atoms with van der Waals surface area (Å²) in [5.41, 5.74) is 4.43. The van der Waals surface area contributed by atoms with Gasteiger partial charge < -0.3 is 5.32 Å². The van der Waals surface area contributed by atoms with Crippen molar-refractivity contribution in [1.29, 1.82) is 0 Å². The van der Waals surface area contributed by atoms with Crippen LogP contribution < -0.4 is 5.32 Å². The normalized spacial score (nSPS) is 19.8. The molecule has 0 saturated heterocycles. The van der Waals surface area contributed by atoms with E-state index in [1.165, 1.54) is 23.2 Å². The van der Waals surface area contributed by atoms with Gasteiger partial charge in [-0.2, -0.15) is 0 Å². The Bertz CT molecular complexity index is 366. The van der Waals surface area contributed by atoms with Crippen molar-refractivity contribution < 1.29 is 0 Å². The van der Waals surface area contributed by atoms with Gasteiger partial charge in [0.05, 0.1) is 0 Å². The first kappa shape index (κ1) is 11.5. The van der Waals surface area contributed by atoms with Crippen molar-refractivity contribution in [3.63, 3.8) is 0 Å². The second kappa shape index (κ2) is 4.48. The molecule has 1 heteroatoms. The maximum absolute atomic E-state index is 3.60. The van der Waals surface area contributed by atoms with E-state index in [9.17, 15) is 0 Å². The Morgan fingerprint density at radius 3 is 2.56 bits per heavy atom. The summed E-state index contributed by atoms with van der Waals surface area (Å²) in [5, 5.41) is 3.60. The first-order chi connectivity index (χ1) is 7.61. The number of hydrogen-bond acceptors (Lipinski definition) is 1. The quantitative estimate of drug-likeness (QED) is 0.776. The smallest absolute Gasteiger partial charge is 0.0410 e. The zero-order valence-corrected chi connectivity index (χ0v) is 10.9. The lowest BCUT2D eigenvalue weighted by molar-refractivity contribution is 0.468. The molecular weight excluding hydrogens is 194 g/mol. The Balaban J connectivity index is 2.46. The van der Waals surface area contributed by atoms with Crippen LogP contribution in [0, 0.1) is 5.92 Å². The summed E-state index contributed by atoms with van der Waals surface area (Å²) in [6, 6.07) is 6.79. The summed E-state index contributed by atoms with van der Waals surface area (Å²) in [6.07, 6.45) is 1.27. The predicted molar refractivity (Wildman–Crippen MR) is 71.2 cm³/mol. The van der Waals surface area contributed by atoms with Crippen molar-refractivity contribution in [2.75, 3.05) is 11.9 Å². The third-order valence-corrected chi connectivity index (χ3v) is 3.71. The lowest BCUT2D eigenvalue weighted by atomic mass is 9.80. The van der Waals surface area contributed by atoms with Gasteiger partial charge in [-0.3, -0.25) is 0 Å². The third-order valence-electron chi connectivity index (χ3n) is 3.71. The summed E-state index contributed by atoms with van der Waals surface area (Å²) >= 11 is 0. The molecule has 1 heterocycles. The minimum atomic E-state index is 0.605. The predicted octanol–water partition coefficient (Wildman–Crippen LogP) is 4.37. The molecule has 0 radical (unpaired) electrons. The van der Waals surface area contributed by atoms with E-state index in [1.54, 1.807) is 0 Å². The molecule has 2 rings (SSSR count). The van der Waals surface area contributed by atoms with Gasteiger partial charge in [-0.25, -0.2) is 0 Å². The SMILES string of the molecule is CC(C)c1cccc2c1NCCC2C(C)C. The number of anilines is 1. The molecule has 16 heavy (non-hydrogen) atoms. The van der Waals surface area contributed by atoms with Crippen LogP contribution in [0.3, 0.4) is 0 Å². The van der Waals surface area contributed by atoms with Gasteiger partial charge in [0.15, 0.2) is 0 Å². The molecule has 1 atom stereocenters. The van der Waals surface area contributed by atoms with Crippen molar-refractivity contribution >= 4 is 5.69 Å². The Morgan fingerprint density at radius 1 is 1.19 bits per heavy atom. The first-order valence-corrected chi connectivity index (χ1v) is 6.48. The highest BCUT2D eigenvalue weighted by Gasteiger charge is 2.24. The minimum absolute atomic E-state index is 0.605. The third kappa shape index (κ3) is 1.95. The molecule has 0 saturated carbocycles. The van der Waals surface area contributed by atoms with Crippen LogP contribution in [0.4, 0.5) is 5.69 Å². The van der Waals surface area contributed by atoms with Gasteiger partial charge in [-0.05, 0) is 35.3 Å². The number of para-hydroxylation sites is 1. The Morgan fingerprint density at radius 2 is 1.94 bits per heavy atom. The Labute approximate surface area is 99.3 Å². The molecule has 0 fully saturated rings. The molecule has 88 valence electrons. The highest BCUT2D eigenvalue weighted by molar-refractivity contribution is 5.61. The minimum Gasteiger partial charge on any atom is -0.385 e. The van der Waals surface area contributed by atoms with Gasteiger partial charge >= 0.3 is 0 Å². The zero-order valence-electron chi connectivity index (χ0n) is 10.9. The fraction of sp³-hybridized carbons (Fsp3) is 0.600. The van der Waals surface area contributed by atoms with E-state index in [0.717, 1.165) is 18.4 Å². The number of nitrogens with one attached hydrogen (secondary N) is 1. The van der Waals surface area contributed by atoms with Crippen LogP contribution in [0.25, 0.3) is 0 Å². The van der Waals surface area contributed by atoms with Crippen molar-refractivity contribution in [3.8, 4) is 0 Å². The summed E-state index contributed by atoms with van der Waals surface area (Å²) in [5.74, 6) is 2.08. The van der Waals surface area contributed by atoms with Crippen LogP contribution in [-0.4, -0.2) is 6.54 Å². The number of rotatable bonds is 2. The number of fused-ring (bicyclic) bond motifs is 1. The van der Waals surface area contributed by atoms with Crippen LogP contribution in [0.15, 0.2) is 18.2 Å². The molecule has 1 aromatic rings. The average molecular weight is 217 g/mol. The van der Waals surface area contributed by atoms with E-state index in [4.69, 9.17) is 0 Å². The maximum Gasteiger partial charge on any atom is 0.0410 e. The van der Waals surface area contributed by atoms with Gasteiger partial charge in [-0.1, -0.05) is 45.9 Å². The molecular formula is C15H23N. The van der Waals surface area contributed by atoms with Crippen LogP contribution in [0.5, 0.6) is 0 Å². The largest absolute Gasteiger partial charge is 0.385 e. The van der Waals surface area contributed by atoms with E-state index in [0.29, 0.717) is 5.92 Å². The molecule has 0 amide bonds. The van der Waals surface area contributed by atoms with Crippen molar-refractivity contribution in [2.24, 2.45) is 5.92 Å². The topological polar surface area (TPSA) is 12.0 Å². The summed E-state index contributed by atoms with van der Waals surface area (Å²) < 4.78 is 0. The van der Waals surface area contributed by atoms with E-state index in [1.807, 2.05) is 0 Å². The van der Waals surface area contributed by atoms with E-state index in [-0.39, 0.29) is 0 Å². The average Bonchev–Trinajstić information content (AvgIpc) is 2.27. The molecule has 0 spiro atoms. The van der Waals surface area contributed by atoms with Crippen LogP contribution >= 0.6 is 0 Å². The number of benzene rings is 1. The second-order valence-corrected chi connectivity index (χ2v) is 5.53. The standard InChI is InChI=1S/C15H23N/c1-10(2)12-8-9-16-15-13(11(3)4)6-5-7-14(12)15/h5-7,10-12,16H,8-9H2,1-4H3. The highest BCUT2D eigenvalue weighted by Crippen LogP contribution is 2.40. The highest BCUT2D eigenvalue weighted by atomic mass is 14.9. The van der Waals surface area contributed by atoms with Crippen molar-refractivity contribution in [2.45, 2.75) is 46.0 Å². The monoisotopic (exact) mass is 217 g/mol. The fourth-order valence-corrected chi connectivity index (χ4v) is 2.78. The molecule has 1 nitrogen and oxygen atoms in total. The summed E-state index contributed by atoms with van der Waals surface area (Å²) in [7, 11) is 0. The Kier molecular flexibility index (Phi) is 3.22. The Hall–Kier alpha value is -0.980. The fourth-order valence-electron chi connectivity index (χ4n) is 2.78. The molecule has 1 aromatic carbocycles. The van der Waals surface area contributed by atoms with Gasteiger partial charge in [0.25, 0.3) is 0 Å². The van der Waals surface area contributed by atoms with Crippen LogP contribution in [-0.2, 0) is 0 Å². The molecule has 0 bridgehead atoms. The molecule has 1 aliphatic heterocycles. The molecule has 0 aromatic heterocycles. The van der Waals surface area contributed by atoms with Gasteiger partial charge in [0.2, 0.25) is 0 Å². The summed E-state index contributed by atoms with van der Waals surface area (Å²) in [6.45, 7) is 10.3. The molecule has 0 aliphatic carbocycles. The molecule has 1 N–H and O–H groups in total. The first-order valence-electron chi connectivity index (χ1n) is 6.48. The second-order valence-electron chi connectivity index (χ2n) is 5.53. The van der Waals surface area contributed by atoms with Gasteiger partial charge in [0.1, 0.15) is 0 Å². The lowest BCUT2D eigenvalue weighted by Gasteiger charge is -2.31. The maximum atomic E-state index is 3.60. The van der Waals surface area contributed by atoms with Crippen LogP contribution in [0.1, 0.15) is 57.1 Å². The van der Waals surface area contributed by atoms with E-state index < -0.39 is 0 Å². The van der Waals surface area contributed by atoms with Crippen molar-refractivity contribution in [3.05, 3.63) is 29.3 Å². The zero-order chi connectivity index (χ0) is 11.7. The molecule has 1 aliphatic rings. The van der Waals surface area contributed by atoms with Crippen molar-refractivity contribution in [1.82, 2.24) is 0 Å². The van der Waals surface area contributed by atoms with E-state index in [2.05, 4.69) is 51.2 Å². The van der Waals surface area contributed by atoms with Gasteiger partial charge in [-0.15, -0.1) is 0 Å². The van der Waals surface area contributed by atoms with Crippen LogP contribution in [0.2, 0.25) is 0 Å². The van der Waals surface area contributed by atoms with Gasteiger partial charge in [0, 0.05) is 12.2 Å². The van der Waals surface area contributed by atoms with E-state index >= 15 is 0 Å².